The minimum absolute atomic E-state index is 0.0851. The quantitative estimate of drug-likeness (QED) is 0.456. The van der Waals surface area contributed by atoms with E-state index in [4.69, 9.17) is 9.97 Å². The van der Waals surface area contributed by atoms with Crippen molar-refractivity contribution in [3.63, 3.8) is 0 Å². The van der Waals surface area contributed by atoms with Crippen molar-refractivity contribution in [2.45, 2.75) is 27.2 Å². The van der Waals surface area contributed by atoms with Crippen LogP contribution >= 0.6 is 11.3 Å². The summed E-state index contributed by atoms with van der Waals surface area (Å²) < 4.78 is 0. The second kappa shape index (κ2) is 8.01. The average molecular weight is 403 g/mol. The fourth-order valence-electron chi connectivity index (χ4n) is 3.22. The van der Waals surface area contributed by atoms with Crippen molar-refractivity contribution >= 4 is 44.7 Å². The van der Waals surface area contributed by atoms with Gasteiger partial charge in [-0.1, -0.05) is 30.3 Å². The summed E-state index contributed by atoms with van der Waals surface area (Å²) in [7, 11) is 0. The summed E-state index contributed by atoms with van der Waals surface area (Å²) in [5, 5.41) is 7.30. The first-order chi connectivity index (χ1) is 14.0. The molecule has 2 aromatic heterocycles. The second-order valence-electron chi connectivity index (χ2n) is 7.00. The number of carbonyl (C=O) groups is 1. The number of anilines is 3. The average Bonchev–Trinajstić information content (AvgIpc) is 2.98. The summed E-state index contributed by atoms with van der Waals surface area (Å²) in [6.07, 6.45) is 0.683. The van der Waals surface area contributed by atoms with Gasteiger partial charge in [0, 0.05) is 29.6 Å². The van der Waals surface area contributed by atoms with Gasteiger partial charge in [0.15, 0.2) is 0 Å². The molecular weight excluding hydrogens is 380 g/mol. The van der Waals surface area contributed by atoms with Crippen LogP contribution in [-0.4, -0.2) is 15.9 Å². The van der Waals surface area contributed by atoms with Gasteiger partial charge in [0.2, 0.25) is 5.91 Å². The Kier molecular flexibility index (Phi) is 5.27. The zero-order chi connectivity index (χ0) is 20.4. The molecule has 2 aromatic carbocycles. The lowest BCUT2D eigenvalue weighted by Crippen LogP contribution is -2.05. The Bertz CT molecular complexity index is 1170. The molecule has 0 aliphatic rings. The van der Waals surface area contributed by atoms with E-state index >= 15 is 0 Å². The number of hydrogen-bond donors (Lipinski definition) is 2. The standard InChI is InChI=1S/C23H22N4OS/c1-14-15(2)29-23-21(14)22(25-19-11-9-18(10-12-19)24-16(3)28)26-20(27-23)13-17-7-5-4-6-8-17/h4-12H,13H2,1-3H3,(H,24,28)(H,25,26,27). The van der Waals surface area contributed by atoms with Gasteiger partial charge in [-0.2, -0.15) is 0 Å². The predicted octanol–water partition coefficient (Wildman–Crippen LogP) is 5.60. The lowest BCUT2D eigenvalue weighted by molar-refractivity contribution is -0.114. The van der Waals surface area contributed by atoms with Crippen molar-refractivity contribution < 1.29 is 4.79 Å². The van der Waals surface area contributed by atoms with E-state index in [-0.39, 0.29) is 5.91 Å². The highest BCUT2D eigenvalue weighted by Crippen LogP contribution is 2.35. The molecule has 0 fully saturated rings. The maximum atomic E-state index is 11.2. The molecule has 6 heteroatoms. The fraction of sp³-hybridized carbons (Fsp3) is 0.174. The molecule has 4 aromatic rings. The summed E-state index contributed by atoms with van der Waals surface area (Å²) in [5.74, 6) is 1.52. The number of benzene rings is 2. The third-order valence-corrected chi connectivity index (χ3v) is 5.85. The highest BCUT2D eigenvalue weighted by atomic mass is 32.1. The number of amides is 1. The van der Waals surface area contributed by atoms with Crippen LogP contribution in [0.1, 0.15) is 28.8 Å². The minimum Gasteiger partial charge on any atom is -0.340 e. The van der Waals surface area contributed by atoms with Crippen LogP contribution in [0.25, 0.3) is 10.2 Å². The number of nitrogens with zero attached hydrogens (tertiary/aromatic N) is 2. The van der Waals surface area contributed by atoms with Gasteiger partial charge >= 0.3 is 0 Å². The normalized spacial score (nSPS) is 10.9. The van der Waals surface area contributed by atoms with Crippen LogP contribution in [0.15, 0.2) is 54.6 Å². The van der Waals surface area contributed by atoms with Crippen molar-refractivity contribution in [3.05, 3.63) is 76.4 Å². The maximum Gasteiger partial charge on any atom is 0.221 e. The molecule has 146 valence electrons. The molecule has 0 aliphatic heterocycles. The van der Waals surface area contributed by atoms with Gasteiger partial charge in [0.1, 0.15) is 16.5 Å². The van der Waals surface area contributed by atoms with Crippen LogP contribution in [0.2, 0.25) is 0 Å². The van der Waals surface area contributed by atoms with Gasteiger partial charge in [0.05, 0.1) is 5.39 Å². The molecule has 0 radical (unpaired) electrons. The highest BCUT2D eigenvalue weighted by Gasteiger charge is 2.15. The van der Waals surface area contributed by atoms with Gasteiger partial charge in [-0.25, -0.2) is 9.97 Å². The minimum atomic E-state index is -0.0851. The molecule has 0 spiro atoms. The van der Waals surface area contributed by atoms with Gasteiger partial charge in [-0.15, -0.1) is 11.3 Å². The molecule has 0 bridgehead atoms. The van der Waals surface area contributed by atoms with Crippen molar-refractivity contribution in [1.29, 1.82) is 0 Å². The van der Waals surface area contributed by atoms with Crippen LogP contribution in [-0.2, 0) is 11.2 Å². The number of carbonyl (C=O) groups excluding carboxylic acids is 1. The van der Waals surface area contributed by atoms with Crippen molar-refractivity contribution in [1.82, 2.24) is 9.97 Å². The number of aromatic nitrogens is 2. The highest BCUT2D eigenvalue weighted by molar-refractivity contribution is 7.18. The van der Waals surface area contributed by atoms with E-state index in [9.17, 15) is 4.79 Å². The molecule has 0 unspecified atom stereocenters. The Morgan fingerprint density at radius 1 is 0.966 bits per heavy atom. The van der Waals surface area contributed by atoms with Crippen molar-refractivity contribution in [2.24, 2.45) is 0 Å². The summed E-state index contributed by atoms with van der Waals surface area (Å²) in [6.45, 7) is 5.73. The summed E-state index contributed by atoms with van der Waals surface area (Å²) >= 11 is 1.70. The number of hydrogen-bond acceptors (Lipinski definition) is 5. The third kappa shape index (κ3) is 4.27. The van der Waals surface area contributed by atoms with E-state index in [1.165, 1.54) is 22.9 Å². The summed E-state index contributed by atoms with van der Waals surface area (Å²) in [5.41, 5.74) is 4.06. The summed E-state index contributed by atoms with van der Waals surface area (Å²) in [4.78, 5) is 23.1. The molecule has 2 heterocycles. The monoisotopic (exact) mass is 402 g/mol. The van der Waals surface area contributed by atoms with E-state index < -0.39 is 0 Å². The molecule has 1 amide bonds. The summed E-state index contributed by atoms with van der Waals surface area (Å²) in [6, 6.07) is 17.9. The molecule has 29 heavy (non-hydrogen) atoms. The number of thiophene rings is 1. The lowest BCUT2D eigenvalue weighted by Gasteiger charge is -2.11. The molecule has 2 N–H and O–H groups in total. The van der Waals surface area contributed by atoms with Crippen LogP contribution in [0, 0.1) is 13.8 Å². The zero-order valence-electron chi connectivity index (χ0n) is 16.6. The van der Waals surface area contributed by atoms with Crippen molar-refractivity contribution in [3.8, 4) is 0 Å². The Balaban J connectivity index is 1.70. The van der Waals surface area contributed by atoms with Gasteiger partial charge < -0.3 is 10.6 Å². The van der Waals surface area contributed by atoms with E-state index in [1.54, 1.807) is 11.3 Å². The third-order valence-electron chi connectivity index (χ3n) is 4.75. The largest absolute Gasteiger partial charge is 0.340 e. The first-order valence-electron chi connectivity index (χ1n) is 9.45. The number of nitrogens with one attached hydrogen (secondary N) is 2. The van der Waals surface area contributed by atoms with Crippen LogP contribution in [0.3, 0.4) is 0 Å². The Hall–Kier alpha value is -3.25. The van der Waals surface area contributed by atoms with Gasteiger partial charge in [-0.3, -0.25) is 4.79 Å². The van der Waals surface area contributed by atoms with E-state index in [0.29, 0.717) is 6.42 Å². The van der Waals surface area contributed by atoms with Gasteiger partial charge in [0.25, 0.3) is 0 Å². The number of aryl methyl sites for hydroxylation is 2. The SMILES string of the molecule is CC(=O)Nc1ccc(Nc2nc(Cc3ccccc3)nc3sc(C)c(C)c23)cc1. The van der Waals surface area contributed by atoms with E-state index in [1.807, 2.05) is 42.5 Å². The zero-order valence-corrected chi connectivity index (χ0v) is 17.4. The lowest BCUT2D eigenvalue weighted by atomic mass is 10.1. The van der Waals surface area contributed by atoms with E-state index in [0.717, 1.165) is 33.2 Å². The first kappa shape index (κ1) is 19.1. The predicted molar refractivity (Wildman–Crippen MR) is 120 cm³/mol. The van der Waals surface area contributed by atoms with Gasteiger partial charge in [-0.05, 0) is 49.2 Å². The maximum absolute atomic E-state index is 11.2. The van der Waals surface area contributed by atoms with E-state index in [2.05, 4.69) is 36.6 Å². The Morgan fingerprint density at radius 3 is 2.34 bits per heavy atom. The van der Waals surface area contributed by atoms with Crippen LogP contribution < -0.4 is 10.6 Å². The molecule has 0 aliphatic carbocycles. The molecule has 0 saturated heterocycles. The smallest absolute Gasteiger partial charge is 0.221 e. The first-order valence-corrected chi connectivity index (χ1v) is 10.3. The molecule has 4 rings (SSSR count). The van der Waals surface area contributed by atoms with Crippen LogP contribution in [0.5, 0.6) is 0 Å². The number of fused-ring (bicyclic) bond motifs is 1. The fourth-order valence-corrected chi connectivity index (χ4v) is 4.27. The van der Waals surface area contributed by atoms with Crippen molar-refractivity contribution in [2.75, 3.05) is 10.6 Å². The molecule has 0 atom stereocenters. The molecule has 0 saturated carbocycles. The topological polar surface area (TPSA) is 66.9 Å². The number of rotatable bonds is 5. The Morgan fingerprint density at radius 2 is 1.66 bits per heavy atom. The molecular formula is C23H22N4OS. The molecule has 5 nitrogen and oxygen atoms in total. The second-order valence-corrected chi connectivity index (χ2v) is 8.20. The van der Waals surface area contributed by atoms with Crippen LogP contribution in [0.4, 0.5) is 17.2 Å². The Labute approximate surface area is 173 Å².